The molecule has 3 aliphatic rings. The molecule has 0 aromatic rings. The van der Waals surface area contributed by atoms with Gasteiger partial charge in [-0.15, -0.1) is 0 Å². The summed E-state index contributed by atoms with van der Waals surface area (Å²) in [5.74, 6) is -0.299. The summed E-state index contributed by atoms with van der Waals surface area (Å²) in [6.45, 7) is 1.51. The second kappa shape index (κ2) is 28.9. The van der Waals surface area contributed by atoms with Crippen molar-refractivity contribution in [3.05, 3.63) is 24.3 Å². The second-order valence-electron chi connectivity index (χ2n) is 16.2. The molecule has 61 heavy (non-hydrogen) atoms. The molecular formula is C42H75NO18. The molecule has 19 heteroatoms. The van der Waals surface area contributed by atoms with E-state index in [1.165, 1.54) is 12.8 Å². The Morgan fingerprint density at radius 3 is 1.64 bits per heavy atom. The zero-order chi connectivity index (χ0) is 44.9. The minimum atomic E-state index is -1.97. The highest BCUT2D eigenvalue weighted by Crippen LogP contribution is 2.33. The van der Waals surface area contributed by atoms with Gasteiger partial charge in [0.2, 0.25) is 5.91 Å². The molecule has 3 saturated heterocycles. The third-order valence-corrected chi connectivity index (χ3v) is 11.3. The summed E-state index contributed by atoms with van der Waals surface area (Å²) < 4.78 is 33.9. The van der Waals surface area contributed by atoms with E-state index in [-0.39, 0.29) is 18.9 Å². The van der Waals surface area contributed by atoms with E-state index in [0.29, 0.717) is 12.8 Å². The Kier molecular flexibility index (Phi) is 25.4. The van der Waals surface area contributed by atoms with E-state index in [0.717, 1.165) is 57.8 Å². The summed E-state index contributed by atoms with van der Waals surface area (Å²) in [4.78, 5) is 13.0. The predicted molar refractivity (Wildman–Crippen MR) is 217 cm³/mol. The molecule has 0 aromatic carbocycles. The van der Waals surface area contributed by atoms with Gasteiger partial charge < -0.3 is 89.9 Å². The summed E-state index contributed by atoms with van der Waals surface area (Å²) in [5.41, 5.74) is 0. The van der Waals surface area contributed by atoms with Crippen LogP contribution >= 0.6 is 0 Å². The van der Waals surface area contributed by atoms with Crippen LogP contribution in [0.3, 0.4) is 0 Å². The van der Waals surface area contributed by atoms with Gasteiger partial charge in [0.1, 0.15) is 73.2 Å². The van der Waals surface area contributed by atoms with Crippen LogP contribution in [0.1, 0.15) is 104 Å². The van der Waals surface area contributed by atoms with Crippen molar-refractivity contribution in [1.29, 1.82) is 0 Å². The molecule has 12 N–H and O–H groups in total. The van der Waals surface area contributed by atoms with Gasteiger partial charge in [-0.3, -0.25) is 4.79 Å². The first-order valence-corrected chi connectivity index (χ1v) is 22.1. The van der Waals surface area contributed by atoms with Gasteiger partial charge in [-0.25, -0.2) is 0 Å². The van der Waals surface area contributed by atoms with E-state index < -0.39 is 124 Å². The van der Waals surface area contributed by atoms with Gasteiger partial charge in [-0.05, 0) is 32.1 Å². The maximum atomic E-state index is 13.0. The topological polar surface area (TPSA) is 307 Å². The molecule has 0 saturated carbocycles. The molecule has 3 rings (SSSR count). The van der Waals surface area contributed by atoms with Gasteiger partial charge >= 0.3 is 0 Å². The largest absolute Gasteiger partial charge is 0.394 e. The van der Waals surface area contributed by atoms with Crippen LogP contribution < -0.4 is 5.32 Å². The molecule has 356 valence electrons. The zero-order valence-corrected chi connectivity index (χ0v) is 35.6. The normalized spacial score (nSPS) is 35.8. The highest BCUT2D eigenvalue weighted by atomic mass is 16.8. The Bertz CT molecular complexity index is 1240. The van der Waals surface area contributed by atoms with Crippen LogP contribution in [0.4, 0.5) is 0 Å². The minimum Gasteiger partial charge on any atom is -0.394 e. The second-order valence-corrected chi connectivity index (χ2v) is 16.2. The lowest BCUT2D eigenvalue weighted by atomic mass is 9.96. The third-order valence-electron chi connectivity index (χ3n) is 11.3. The quantitative estimate of drug-likeness (QED) is 0.0328. The van der Waals surface area contributed by atoms with E-state index in [1.54, 1.807) is 12.2 Å². The summed E-state index contributed by atoms with van der Waals surface area (Å²) in [6.07, 6.45) is -5.97. The van der Waals surface area contributed by atoms with Crippen LogP contribution in [-0.2, 0) is 33.2 Å². The fourth-order valence-electron chi connectivity index (χ4n) is 7.44. The van der Waals surface area contributed by atoms with Crippen molar-refractivity contribution in [2.45, 2.75) is 208 Å². The maximum Gasteiger partial charge on any atom is 0.220 e. The summed E-state index contributed by atoms with van der Waals surface area (Å²) >= 11 is 0. The molecule has 19 nitrogen and oxygen atoms in total. The van der Waals surface area contributed by atoms with E-state index in [1.807, 2.05) is 0 Å². The van der Waals surface area contributed by atoms with Gasteiger partial charge in [0.05, 0.1) is 38.6 Å². The average Bonchev–Trinajstić information content (AvgIpc) is 3.25. The summed E-state index contributed by atoms with van der Waals surface area (Å²) in [5, 5.41) is 119. The van der Waals surface area contributed by atoms with E-state index in [2.05, 4.69) is 31.3 Å². The number of ether oxygens (including phenoxy) is 6. The Hall–Kier alpha value is -1.73. The lowest BCUT2D eigenvalue weighted by molar-refractivity contribution is -0.379. The first kappa shape index (κ1) is 53.6. The standard InChI is InChI=1S/C42H75NO18/c1-3-5-7-9-11-12-14-15-17-19-26(47)25(43-30(48)20-18-16-13-10-8-6-4-2)24-56-40-36(54)33(51)38(28(22-45)58-40)61-42-37(55)34(52)39(29(23-46)59-42)60-41-35(53)32(50)31(49)27(21-44)57-41/h11-12,17,19,25-29,31-42,44-47,49-55H,3-10,13-16,18,20-24H2,1-2H3,(H,43,48)/b12-11+,19-17+. The Labute approximate surface area is 358 Å². The molecule has 0 spiro atoms. The number of hydrogen-bond donors (Lipinski definition) is 12. The van der Waals surface area contributed by atoms with Crippen molar-refractivity contribution in [2.24, 2.45) is 0 Å². The summed E-state index contributed by atoms with van der Waals surface area (Å²) in [6, 6.07) is -0.979. The van der Waals surface area contributed by atoms with Crippen LogP contribution in [0.5, 0.6) is 0 Å². The van der Waals surface area contributed by atoms with Crippen LogP contribution in [0.25, 0.3) is 0 Å². The van der Waals surface area contributed by atoms with Crippen LogP contribution in [0.2, 0.25) is 0 Å². The highest BCUT2D eigenvalue weighted by molar-refractivity contribution is 5.76. The fraction of sp³-hybridized carbons (Fsp3) is 0.881. The van der Waals surface area contributed by atoms with E-state index in [4.69, 9.17) is 28.4 Å². The van der Waals surface area contributed by atoms with Gasteiger partial charge in [0.25, 0.3) is 0 Å². The molecule has 0 aliphatic carbocycles. The Morgan fingerprint density at radius 2 is 1.05 bits per heavy atom. The molecule has 0 aromatic heterocycles. The number of rotatable bonds is 28. The molecule has 0 radical (unpaired) electrons. The molecular weight excluding hydrogens is 806 g/mol. The SMILES string of the molecule is CCCCC/C=C/CC/C=C/C(O)C(COC1OC(CO)C(OC2OC(CO)C(OC3OC(CO)C(O)C(O)C3O)C(O)C2O)C(O)C1O)NC(=O)CCCCCCCCC. The van der Waals surface area contributed by atoms with Crippen molar-refractivity contribution >= 4 is 5.91 Å². The fourth-order valence-corrected chi connectivity index (χ4v) is 7.44. The van der Waals surface area contributed by atoms with Gasteiger partial charge in [0, 0.05) is 6.42 Å². The predicted octanol–water partition coefficient (Wildman–Crippen LogP) is -1.09. The number of unbranched alkanes of at least 4 members (excludes halogenated alkanes) is 10. The average molecular weight is 882 g/mol. The number of aliphatic hydroxyl groups excluding tert-OH is 11. The van der Waals surface area contributed by atoms with Crippen molar-refractivity contribution in [3.63, 3.8) is 0 Å². The first-order valence-electron chi connectivity index (χ1n) is 22.1. The van der Waals surface area contributed by atoms with Crippen molar-refractivity contribution in [2.75, 3.05) is 26.4 Å². The van der Waals surface area contributed by atoms with Crippen LogP contribution in [0, 0.1) is 0 Å². The molecule has 0 bridgehead atoms. The molecule has 17 unspecified atom stereocenters. The van der Waals surface area contributed by atoms with Crippen LogP contribution in [0.15, 0.2) is 24.3 Å². The third kappa shape index (κ3) is 16.6. The number of aliphatic hydroxyl groups is 11. The van der Waals surface area contributed by atoms with Gasteiger partial charge in [-0.1, -0.05) is 89.5 Å². The molecule has 1 amide bonds. The van der Waals surface area contributed by atoms with Gasteiger partial charge in [-0.2, -0.15) is 0 Å². The monoisotopic (exact) mass is 881 g/mol. The highest BCUT2D eigenvalue weighted by Gasteiger charge is 2.53. The number of carbonyl (C=O) groups excluding carboxylic acids is 1. The minimum absolute atomic E-state index is 0.234. The molecule has 17 atom stereocenters. The maximum absolute atomic E-state index is 13.0. The number of hydrogen-bond acceptors (Lipinski definition) is 18. The number of allylic oxidation sites excluding steroid dienone is 3. The molecule has 3 heterocycles. The lowest BCUT2D eigenvalue weighted by Gasteiger charge is -2.48. The Morgan fingerprint density at radius 1 is 0.574 bits per heavy atom. The zero-order valence-electron chi connectivity index (χ0n) is 35.6. The smallest absolute Gasteiger partial charge is 0.220 e. The summed E-state index contributed by atoms with van der Waals surface area (Å²) in [7, 11) is 0. The van der Waals surface area contributed by atoms with Crippen LogP contribution in [-0.4, -0.2) is 193 Å². The van der Waals surface area contributed by atoms with Crippen molar-refractivity contribution in [1.82, 2.24) is 5.32 Å². The van der Waals surface area contributed by atoms with E-state index >= 15 is 0 Å². The van der Waals surface area contributed by atoms with Gasteiger partial charge in [0.15, 0.2) is 18.9 Å². The van der Waals surface area contributed by atoms with E-state index in [9.17, 15) is 61.0 Å². The lowest BCUT2D eigenvalue weighted by Crippen LogP contribution is -2.66. The molecule has 3 aliphatic heterocycles. The number of amides is 1. The first-order chi connectivity index (χ1) is 29.3. The van der Waals surface area contributed by atoms with Crippen molar-refractivity contribution in [3.8, 4) is 0 Å². The molecule has 3 fully saturated rings. The Balaban J connectivity index is 1.63. The number of carbonyl (C=O) groups is 1. The van der Waals surface area contributed by atoms with Crippen molar-refractivity contribution < 1.29 is 89.4 Å². The number of nitrogens with one attached hydrogen (secondary N) is 1.